The number of hydrogen-bond donors (Lipinski definition) is 0. The van der Waals surface area contributed by atoms with E-state index in [1.807, 2.05) is 0 Å². The van der Waals surface area contributed by atoms with Gasteiger partial charge in [-0.3, -0.25) is 4.79 Å². The highest BCUT2D eigenvalue weighted by Crippen LogP contribution is 2.23. The van der Waals surface area contributed by atoms with Crippen molar-refractivity contribution in [3.63, 3.8) is 0 Å². The first-order valence-electron chi connectivity index (χ1n) is 5.04. The molecule has 19 heavy (non-hydrogen) atoms. The Morgan fingerprint density at radius 3 is 1.95 bits per heavy atom. The van der Waals surface area contributed by atoms with Crippen LogP contribution >= 0.6 is 11.6 Å². The molecule has 0 bridgehead atoms. The molecule has 6 heteroatoms. The lowest BCUT2D eigenvalue weighted by Crippen LogP contribution is -2.05. The van der Waals surface area contributed by atoms with E-state index < -0.39 is 29.1 Å². The molecule has 2 rings (SSSR count). The third-order valence-corrected chi connectivity index (χ3v) is 2.69. The van der Waals surface area contributed by atoms with Crippen molar-refractivity contribution in [2.24, 2.45) is 0 Å². The van der Waals surface area contributed by atoms with Gasteiger partial charge in [0.15, 0.2) is 17.4 Å². The summed E-state index contributed by atoms with van der Waals surface area (Å²) in [5, 5.41) is -0.339. The zero-order valence-corrected chi connectivity index (χ0v) is 9.94. The van der Waals surface area contributed by atoms with E-state index in [1.54, 1.807) is 0 Å². The first-order valence-corrected chi connectivity index (χ1v) is 5.41. The number of halogens is 5. The van der Waals surface area contributed by atoms with Crippen molar-refractivity contribution in [3.8, 4) is 0 Å². The molecule has 0 aliphatic heterocycles. The van der Waals surface area contributed by atoms with Crippen LogP contribution in [0.15, 0.2) is 30.3 Å². The summed E-state index contributed by atoms with van der Waals surface area (Å²) in [6.45, 7) is 0. The van der Waals surface area contributed by atoms with E-state index in [4.69, 9.17) is 11.6 Å². The fraction of sp³-hybridized carbons (Fsp3) is 0. The average Bonchev–Trinajstić information content (AvgIpc) is 2.31. The van der Waals surface area contributed by atoms with E-state index in [2.05, 4.69) is 0 Å². The third-order valence-electron chi connectivity index (χ3n) is 2.38. The van der Waals surface area contributed by atoms with Crippen molar-refractivity contribution in [1.82, 2.24) is 0 Å². The Balaban J connectivity index is 2.53. The lowest BCUT2D eigenvalue weighted by atomic mass is 10.0. The predicted octanol–water partition coefficient (Wildman–Crippen LogP) is 4.13. The number of hydrogen-bond acceptors (Lipinski definition) is 1. The van der Waals surface area contributed by atoms with Gasteiger partial charge in [-0.1, -0.05) is 11.6 Å². The molecule has 0 fully saturated rings. The monoisotopic (exact) mass is 288 g/mol. The number of ketones is 1. The van der Waals surface area contributed by atoms with Gasteiger partial charge in [0, 0.05) is 17.2 Å². The SMILES string of the molecule is O=C(c1cc(F)cc(F)c1)c1cc(F)c(F)cc1Cl. The van der Waals surface area contributed by atoms with Gasteiger partial charge in [-0.15, -0.1) is 0 Å². The summed E-state index contributed by atoms with van der Waals surface area (Å²) in [6, 6.07) is 3.36. The minimum Gasteiger partial charge on any atom is -0.289 e. The van der Waals surface area contributed by atoms with Gasteiger partial charge in [0.05, 0.1) is 5.02 Å². The molecule has 0 saturated carbocycles. The molecular weight excluding hydrogens is 284 g/mol. The van der Waals surface area contributed by atoms with Gasteiger partial charge >= 0.3 is 0 Å². The van der Waals surface area contributed by atoms with Gasteiger partial charge in [-0.05, 0) is 24.3 Å². The first-order chi connectivity index (χ1) is 8.88. The third kappa shape index (κ3) is 2.76. The number of carbonyl (C=O) groups is 1. The van der Waals surface area contributed by atoms with Gasteiger partial charge in [0.2, 0.25) is 0 Å². The summed E-state index contributed by atoms with van der Waals surface area (Å²) in [4.78, 5) is 11.9. The van der Waals surface area contributed by atoms with Gasteiger partial charge in [-0.2, -0.15) is 0 Å². The Labute approximate surface area is 110 Å². The van der Waals surface area contributed by atoms with Crippen LogP contribution in [-0.2, 0) is 0 Å². The topological polar surface area (TPSA) is 17.1 Å². The van der Waals surface area contributed by atoms with Crippen molar-refractivity contribution in [2.75, 3.05) is 0 Å². The Morgan fingerprint density at radius 2 is 1.37 bits per heavy atom. The molecule has 2 aromatic rings. The van der Waals surface area contributed by atoms with Crippen LogP contribution < -0.4 is 0 Å². The van der Waals surface area contributed by atoms with Crippen molar-refractivity contribution in [2.45, 2.75) is 0 Å². The van der Waals surface area contributed by atoms with Crippen LogP contribution in [0, 0.1) is 23.3 Å². The van der Waals surface area contributed by atoms with Crippen LogP contribution in [0.2, 0.25) is 5.02 Å². The molecule has 1 nitrogen and oxygen atoms in total. The Hall–Kier alpha value is -1.88. The minimum absolute atomic E-state index is 0.339. The van der Waals surface area contributed by atoms with Gasteiger partial charge < -0.3 is 0 Å². The normalized spacial score (nSPS) is 10.6. The molecule has 0 saturated heterocycles. The standard InChI is InChI=1S/C13H5ClF4O/c14-10-5-12(18)11(17)4-9(10)13(19)6-1-7(15)3-8(16)2-6/h1-5H. The van der Waals surface area contributed by atoms with Crippen LogP contribution in [0.4, 0.5) is 17.6 Å². The summed E-state index contributed by atoms with van der Waals surface area (Å²) in [6.07, 6.45) is 0. The molecule has 0 spiro atoms. The number of rotatable bonds is 2. The first kappa shape index (κ1) is 13.5. The van der Waals surface area contributed by atoms with E-state index in [0.29, 0.717) is 18.2 Å². The van der Waals surface area contributed by atoms with Gasteiger partial charge in [-0.25, -0.2) is 17.6 Å². The highest BCUT2D eigenvalue weighted by molar-refractivity contribution is 6.35. The van der Waals surface area contributed by atoms with E-state index in [1.165, 1.54) is 0 Å². The highest BCUT2D eigenvalue weighted by atomic mass is 35.5. The Morgan fingerprint density at radius 1 is 0.842 bits per heavy atom. The van der Waals surface area contributed by atoms with Crippen molar-refractivity contribution in [3.05, 3.63) is 69.8 Å². The fourth-order valence-electron chi connectivity index (χ4n) is 1.54. The van der Waals surface area contributed by atoms with Crippen molar-refractivity contribution >= 4 is 17.4 Å². The van der Waals surface area contributed by atoms with Crippen LogP contribution in [0.5, 0.6) is 0 Å². The zero-order chi connectivity index (χ0) is 14.2. The maximum Gasteiger partial charge on any atom is 0.194 e. The molecule has 0 heterocycles. The van der Waals surface area contributed by atoms with E-state index in [0.717, 1.165) is 12.1 Å². The number of benzene rings is 2. The molecular formula is C13H5ClF4O. The predicted molar refractivity (Wildman–Crippen MR) is 61.2 cm³/mol. The van der Waals surface area contributed by atoms with E-state index >= 15 is 0 Å². The maximum atomic E-state index is 13.1. The lowest BCUT2D eigenvalue weighted by Gasteiger charge is -2.05. The van der Waals surface area contributed by atoms with E-state index in [-0.39, 0.29) is 16.1 Å². The Bertz CT molecular complexity index is 650. The highest BCUT2D eigenvalue weighted by Gasteiger charge is 2.18. The molecule has 2 aromatic carbocycles. The number of carbonyl (C=O) groups excluding carboxylic acids is 1. The van der Waals surface area contributed by atoms with Crippen LogP contribution in [-0.4, -0.2) is 5.78 Å². The minimum atomic E-state index is -1.27. The molecule has 0 aliphatic rings. The molecule has 0 atom stereocenters. The van der Waals surface area contributed by atoms with Crippen molar-refractivity contribution < 1.29 is 22.4 Å². The van der Waals surface area contributed by atoms with Crippen LogP contribution in [0.25, 0.3) is 0 Å². The molecule has 0 amide bonds. The summed E-state index contributed by atoms with van der Waals surface area (Å²) < 4.78 is 51.9. The van der Waals surface area contributed by atoms with Crippen LogP contribution in [0.1, 0.15) is 15.9 Å². The second-order valence-corrected chi connectivity index (χ2v) is 4.14. The fourth-order valence-corrected chi connectivity index (χ4v) is 1.77. The van der Waals surface area contributed by atoms with Crippen molar-refractivity contribution in [1.29, 1.82) is 0 Å². The summed E-state index contributed by atoms with van der Waals surface area (Å²) in [5.74, 6) is -5.30. The van der Waals surface area contributed by atoms with E-state index in [9.17, 15) is 22.4 Å². The molecule has 0 radical (unpaired) electrons. The molecule has 0 unspecified atom stereocenters. The second kappa shape index (κ2) is 5.01. The maximum absolute atomic E-state index is 13.1. The second-order valence-electron chi connectivity index (χ2n) is 3.73. The van der Waals surface area contributed by atoms with Gasteiger partial charge in [0.25, 0.3) is 0 Å². The lowest BCUT2D eigenvalue weighted by molar-refractivity contribution is 0.103. The molecule has 98 valence electrons. The quantitative estimate of drug-likeness (QED) is 0.461. The molecule has 0 aromatic heterocycles. The molecule has 0 N–H and O–H groups in total. The summed E-state index contributed by atoms with van der Waals surface area (Å²) >= 11 is 5.61. The smallest absolute Gasteiger partial charge is 0.194 e. The Kier molecular flexibility index (Phi) is 3.57. The largest absolute Gasteiger partial charge is 0.289 e. The van der Waals surface area contributed by atoms with Gasteiger partial charge in [0.1, 0.15) is 11.6 Å². The average molecular weight is 289 g/mol. The summed E-state index contributed by atoms with van der Waals surface area (Å²) in [7, 11) is 0. The summed E-state index contributed by atoms with van der Waals surface area (Å²) in [5.41, 5.74) is -0.712. The zero-order valence-electron chi connectivity index (χ0n) is 9.18. The van der Waals surface area contributed by atoms with Crippen LogP contribution in [0.3, 0.4) is 0 Å². The molecule has 0 aliphatic carbocycles.